The van der Waals surface area contributed by atoms with Gasteiger partial charge in [0.15, 0.2) is 11.4 Å². The van der Waals surface area contributed by atoms with Gasteiger partial charge in [0.1, 0.15) is 0 Å². The maximum atomic E-state index is 11.8. The van der Waals surface area contributed by atoms with Gasteiger partial charge in [-0.2, -0.15) is 4.73 Å². The molecular formula is C13H13NO4. The first-order valence-corrected chi connectivity index (χ1v) is 5.60. The van der Waals surface area contributed by atoms with E-state index in [1.54, 1.807) is 38.1 Å². The lowest BCUT2D eigenvalue weighted by Crippen LogP contribution is -2.31. The summed E-state index contributed by atoms with van der Waals surface area (Å²) >= 11 is 0. The number of carbonyl (C=O) groups is 1. The molecule has 0 fully saturated rings. The van der Waals surface area contributed by atoms with Crippen LogP contribution in [0.2, 0.25) is 0 Å². The Hall–Kier alpha value is -2.30. The minimum absolute atomic E-state index is 0.240. The van der Waals surface area contributed by atoms with Gasteiger partial charge in [-0.25, -0.2) is 4.79 Å². The zero-order chi connectivity index (χ0) is 13.1. The summed E-state index contributed by atoms with van der Waals surface area (Å²) in [5.74, 6) is 0.327. The Balaban J connectivity index is 2.50. The Morgan fingerprint density at radius 3 is 2.83 bits per heavy atom. The van der Waals surface area contributed by atoms with E-state index in [1.165, 1.54) is 6.07 Å². The number of rotatable bonds is 2. The number of hydrogen-bond donors (Lipinski definition) is 0. The van der Waals surface area contributed by atoms with Crippen LogP contribution in [-0.2, 0) is 4.74 Å². The van der Waals surface area contributed by atoms with Crippen LogP contribution in [0.15, 0.2) is 30.3 Å². The van der Waals surface area contributed by atoms with Crippen molar-refractivity contribution in [1.29, 1.82) is 0 Å². The van der Waals surface area contributed by atoms with E-state index in [4.69, 9.17) is 9.47 Å². The second kappa shape index (κ2) is 4.91. The molecule has 0 radical (unpaired) electrons. The number of para-hydroxylation sites is 1. The molecule has 1 heterocycles. The second-order valence-electron chi connectivity index (χ2n) is 3.75. The molecule has 2 aromatic rings. The van der Waals surface area contributed by atoms with E-state index in [0.29, 0.717) is 22.3 Å². The summed E-state index contributed by atoms with van der Waals surface area (Å²) in [7, 11) is 0. The third-order valence-electron chi connectivity index (χ3n) is 2.50. The van der Waals surface area contributed by atoms with E-state index in [2.05, 4.69) is 0 Å². The summed E-state index contributed by atoms with van der Waals surface area (Å²) in [6, 6.07) is 8.44. The number of ether oxygens (including phenoxy) is 2. The third-order valence-corrected chi connectivity index (χ3v) is 2.50. The van der Waals surface area contributed by atoms with Crippen LogP contribution in [0.3, 0.4) is 0 Å². The molecule has 1 aromatic heterocycles. The number of hydrogen-bond acceptors (Lipinski definition) is 4. The van der Waals surface area contributed by atoms with Crippen LogP contribution in [-0.4, -0.2) is 12.8 Å². The van der Waals surface area contributed by atoms with Crippen molar-refractivity contribution in [1.82, 2.24) is 0 Å². The number of benzene rings is 1. The first-order valence-electron chi connectivity index (χ1n) is 5.60. The van der Waals surface area contributed by atoms with Crippen LogP contribution >= 0.6 is 0 Å². The topological polar surface area (TPSA) is 62.5 Å². The molecule has 94 valence electrons. The molecule has 1 aromatic carbocycles. The molecule has 0 saturated carbocycles. The lowest BCUT2D eigenvalue weighted by molar-refractivity contribution is -0.584. The molecule has 0 N–H and O–H groups in total. The fourth-order valence-corrected chi connectivity index (χ4v) is 1.70. The van der Waals surface area contributed by atoms with E-state index < -0.39 is 6.16 Å². The van der Waals surface area contributed by atoms with Gasteiger partial charge < -0.3 is 14.7 Å². The number of aromatic nitrogens is 1. The van der Waals surface area contributed by atoms with Gasteiger partial charge in [-0.15, -0.1) is 0 Å². The van der Waals surface area contributed by atoms with Crippen LogP contribution in [0.1, 0.15) is 12.6 Å². The van der Waals surface area contributed by atoms with Gasteiger partial charge in [0.05, 0.1) is 18.1 Å². The Labute approximate surface area is 104 Å². The number of carbonyl (C=O) groups excluding carboxylic acids is 1. The predicted molar refractivity (Wildman–Crippen MR) is 65.3 cm³/mol. The molecule has 5 nitrogen and oxygen atoms in total. The van der Waals surface area contributed by atoms with Gasteiger partial charge in [-0.1, -0.05) is 12.1 Å². The highest BCUT2D eigenvalue weighted by atomic mass is 16.7. The Bertz CT molecular complexity index is 595. The Kier molecular flexibility index (Phi) is 3.32. The fourth-order valence-electron chi connectivity index (χ4n) is 1.70. The zero-order valence-corrected chi connectivity index (χ0v) is 10.2. The molecule has 0 unspecified atom stereocenters. The summed E-state index contributed by atoms with van der Waals surface area (Å²) in [6.07, 6.45) is -0.772. The number of pyridine rings is 1. The van der Waals surface area contributed by atoms with Crippen molar-refractivity contribution in [2.75, 3.05) is 6.61 Å². The molecule has 0 amide bonds. The lowest BCUT2D eigenvalue weighted by atomic mass is 10.2. The summed E-state index contributed by atoms with van der Waals surface area (Å²) in [6.45, 7) is 3.59. The molecule has 0 bridgehead atoms. The molecule has 0 atom stereocenters. The van der Waals surface area contributed by atoms with Crippen LogP contribution in [0, 0.1) is 12.1 Å². The monoisotopic (exact) mass is 247 g/mol. The molecule has 0 aliphatic carbocycles. The summed E-state index contributed by atoms with van der Waals surface area (Å²) in [5.41, 5.74) is 0.907. The molecule has 0 spiro atoms. The zero-order valence-electron chi connectivity index (χ0n) is 10.2. The standard InChI is InChI=1S/C13H13NO4/c1-3-17-13(15)18-12-8-9(2)14(16)11-7-5-4-6-10(11)12/h4-8H,3H2,1-2H3. The van der Waals surface area contributed by atoms with Gasteiger partial charge >= 0.3 is 6.16 Å². The average molecular weight is 247 g/mol. The minimum Gasteiger partial charge on any atom is -0.618 e. The van der Waals surface area contributed by atoms with Crippen LogP contribution < -0.4 is 9.47 Å². The smallest absolute Gasteiger partial charge is 0.513 e. The first-order chi connectivity index (χ1) is 8.63. The highest BCUT2D eigenvalue weighted by Crippen LogP contribution is 2.24. The highest BCUT2D eigenvalue weighted by molar-refractivity contribution is 5.84. The first kappa shape index (κ1) is 12.2. The van der Waals surface area contributed by atoms with Gasteiger partial charge in [0, 0.05) is 13.0 Å². The molecule has 0 aliphatic heterocycles. The maximum absolute atomic E-state index is 11.8. The van der Waals surface area contributed by atoms with Crippen molar-refractivity contribution >= 4 is 17.1 Å². The number of aryl methyl sites for hydroxylation is 1. The largest absolute Gasteiger partial charge is 0.618 e. The van der Waals surface area contributed by atoms with Gasteiger partial charge in [0.25, 0.3) is 0 Å². The van der Waals surface area contributed by atoms with Crippen molar-refractivity contribution in [3.63, 3.8) is 0 Å². The Morgan fingerprint density at radius 1 is 1.39 bits per heavy atom. The highest BCUT2D eigenvalue weighted by Gasteiger charge is 2.16. The Morgan fingerprint density at radius 2 is 2.11 bits per heavy atom. The summed E-state index contributed by atoms with van der Waals surface area (Å²) in [5, 5.41) is 12.4. The maximum Gasteiger partial charge on any atom is 0.513 e. The number of nitrogens with zero attached hydrogens (tertiary/aromatic N) is 1. The third kappa shape index (κ3) is 2.20. The predicted octanol–water partition coefficient (Wildman–Crippen LogP) is 2.32. The molecule has 2 rings (SSSR count). The van der Waals surface area contributed by atoms with E-state index in [1.807, 2.05) is 0 Å². The fraction of sp³-hybridized carbons (Fsp3) is 0.231. The van der Waals surface area contributed by atoms with Gasteiger partial charge in [0.2, 0.25) is 5.52 Å². The van der Waals surface area contributed by atoms with Crippen molar-refractivity contribution in [3.8, 4) is 5.75 Å². The SMILES string of the molecule is CCOC(=O)Oc1cc(C)[n+]([O-])c2ccccc12. The van der Waals surface area contributed by atoms with E-state index in [9.17, 15) is 10.0 Å². The van der Waals surface area contributed by atoms with Crippen molar-refractivity contribution in [2.24, 2.45) is 0 Å². The van der Waals surface area contributed by atoms with E-state index in [-0.39, 0.29) is 6.61 Å². The van der Waals surface area contributed by atoms with E-state index >= 15 is 0 Å². The van der Waals surface area contributed by atoms with Crippen molar-refractivity contribution in [3.05, 3.63) is 41.2 Å². The normalized spacial score (nSPS) is 10.3. The van der Waals surface area contributed by atoms with Crippen LogP contribution in [0.25, 0.3) is 10.9 Å². The lowest BCUT2D eigenvalue weighted by Gasteiger charge is -2.09. The quantitative estimate of drug-likeness (QED) is 0.464. The molecule has 5 heteroatoms. The van der Waals surface area contributed by atoms with Crippen LogP contribution in [0.5, 0.6) is 5.75 Å². The van der Waals surface area contributed by atoms with Gasteiger partial charge in [-0.3, -0.25) is 0 Å². The summed E-state index contributed by atoms with van der Waals surface area (Å²) < 4.78 is 10.6. The van der Waals surface area contributed by atoms with Crippen LogP contribution in [0.4, 0.5) is 4.79 Å². The van der Waals surface area contributed by atoms with E-state index in [0.717, 1.165) is 4.73 Å². The van der Waals surface area contributed by atoms with Crippen molar-refractivity contribution < 1.29 is 19.0 Å². The molecule has 0 saturated heterocycles. The minimum atomic E-state index is -0.772. The van der Waals surface area contributed by atoms with Gasteiger partial charge in [-0.05, 0) is 13.0 Å². The second-order valence-corrected chi connectivity index (χ2v) is 3.75. The average Bonchev–Trinajstić information content (AvgIpc) is 2.36. The molecule has 0 aliphatic rings. The molecule has 18 heavy (non-hydrogen) atoms. The number of fused-ring (bicyclic) bond motifs is 1. The summed E-state index contributed by atoms with van der Waals surface area (Å²) in [4.78, 5) is 11.3. The van der Waals surface area contributed by atoms with Crippen molar-refractivity contribution in [2.45, 2.75) is 13.8 Å². The molecular weight excluding hydrogens is 234 g/mol.